The van der Waals surface area contributed by atoms with Crippen LogP contribution in [0.4, 0.5) is 0 Å². The summed E-state index contributed by atoms with van der Waals surface area (Å²) in [5, 5.41) is 3.65. The van der Waals surface area contributed by atoms with E-state index in [1.54, 1.807) is 11.9 Å². The van der Waals surface area contributed by atoms with Gasteiger partial charge in [0, 0.05) is 36.6 Å². The van der Waals surface area contributed by atoms with Crippen molar-refractivity contribution in [1.82, 2.24) is 10.2 Å². The molecule has 2 rings (SSSR count). The van der Waals surface area contributed by atoms with E-state index in [1.807, 2.05) is 62.4 Å². The fourth-order valence-corrected chi connectivity index (χ4v) is 2.72. The molecule has 1 N–H and O–H groups in total. The first-order valence-electron chi connectivity index (χ1n) is 9.24. The van der Waals surface area contributed by atoms with E-state index in [9.17, 15) is 9.59 Å². The Labute approximate surface area is 166 Å². The highest BCUT2D eigenvalue weighted by Gasteiger charge is 2.14. The Kier molecular flexibility index (Phi) is 7.86. The normalized spacial score (nSPS) is 10.7. The van der Waals surface area contributed by atoms with E-state index >= 15 is 0 Å². The zero-order chi connectivity index (χ0) is 19.8. The van der Waals surface area contributed by atoms with E-state index < -0.39 is 0 Å². The molecule has 2 aromatic rings. The molecule has 0 heterocycles. The fraction of sp³-hybridized carbons (Fsp3) is 0.364. The molecule has 0 saturated carbocycles. The number of rotatable bonds is 8. The molecule has 4 nitrogen and oxygen atoms in total. The van der Waals surface area contributed by atoms with E-state index in [4.69, 9.17) is 11.6 Å². The van der Waals surface area contributed by atoms with Gasteiger partial charge in [-0.25, -0.2) is 0 Å². The van der Waals surface area contributed by atoms with Crippen LogP contribution in [0, 0.1) is 0 Å². The van der Waals surface area contributed by atoms with Crippen LogP contribution in [0.1, 0.15) is 48.2 Å². The Morgan fingerprint density at radius 1 is 1.00 bits per heavy atom. The number of halogens is 1. The van der Waals surface area contributed by atoms with E-state index in [0.717, 1.165) is 23.4 Å². The summed E-state index contributed by atoms with van der Waals surface area (Å²) >= 11 is 5.87. The molecule has 0 fully saturated rings. The molecule has 0 aromatic heterocycles. The highest BCUT2D eigenvalue weighted by Crippen LogP contribution is 2.12. The van der Waals surface area contributed by atoms with Crippen molar-refractivity contribution in [2.75, 3.05) is 7.05 Å². The second-order valence-electron chi connectivity index (χ2n) is 6.96. The average Bonchev–Trinajstić information content (AvgIpc) is 2.67. The maximum Gasteiger partial charge on any atom is 0.253 e. The van der Waals surface area contributed by atoms with Gasteiger partial charge in [-0.2, -0.15) is 0 Å². The third kappa shape index (κ3) is 6.72. The van der Waals surface area contributed by atoms with Crippen LogP contribution in [0.25, 0.3) is 0 Å². The van der Waals surface area contributed by atoms with Gasteiger partial charge in [0.15, 0.2) is 0 Å². The number of benzene rings is 2. The minimum atomic E-state index is 0.00258. The maximum absolute atomic E-state index is 12.3. The predicted octanol–water partition coefficient (Wildman–Crippen LogP) is 4.46. The smallest absolute Gasteiger partial charge is 0.253 e. The van der Waals surface area contributed by atoms with Gasteiger partial charge in [0.1, 0.15) is 0 Å². The number of amides is 2. The Morgan fingerprint density at radius 2 is 1.59 bits per heavy atom. The third-order valence-electron chi connectivity index (χ3n) is 4.57. The van der Waals surface area contributed by atoms with Crippen molar-refractivity contribution in [2.45, 2.75) is 45.7 Å². The van der Waals surface area contributed by atoms with Gasteiger partial charge in [-0.1, -0.05) is 35.9 Å². The van der Waals surface area contributed by atoms with Crippen LogP contribution in [0.5, 0.6) is 0 Å². The van der Waals surface area contributed by atoms with Crippen LogP contribution < -0.4 is 5.32 Å². The summed E-state index contributed by atoms with van der Waals surface area (Å²) < 4.78 is 0. The number of aryl methyl sites for hydroxylation is 1. The van der Waals surface area contributed by atoms with E-state index in [0.29, 0.717) is 18.5 Å². The lowest BCUT2D eigenvalue weighted by Gasteiger charge is -2.21. The van der Waals surface area contributed by atoms with E-state index in [-0.39, 0.29) is 17.9 Å². The SMILES string of the molecule is CC(C)N(C)C(=O)c1ccc(CNC(=O)CCCc2ccc(Cl)cc2)cc1. The van der Waals surface area contributed by atoms with Crippen LogP contribution in [-0.4, -0.2) is 29.8 Å². The van der Waals surface area contributed by atoms with Crippen molar-refractivity contribution in [3.8, 4) is 0 Å². The zero-order valence-corrected chi connectivity index (χ0v) is 16.9. The average molecular weight is 387 g/mol. The Hall–Kier alpha value is -2.33. The molecule has 0 bridgehead atoms. The predicted molar refractivity (Wildman–Crippen MR) is 110 cm³/mol. The van der Waals surface area contributed by atoms with Gasteiger partial charge in [-0.15, -0.1) is 0 Å². The van der Waals surface area contributed by atoms with Crippen LogP contribution >= 0.6 is 11.6 Å². The molecule has 2 aromatic carbocycles. The molecule has 0 aliphatic carbocycles. The molecule has 0 atom stereocenters. The van der Waals surface area contributed by atoms with Gasteiger partial charge in [0.25, 0.3) is 5.91 Å². The number of carbonyl (C=O) groups excluding carboxylic acids is 2. The summed E-state index contributed by atoms with van der Waals surface area (Å²) in [6.45, 7) is 4.43. The largest absolute Gasteiger partial charge is 0.352 e. The number of nitrogens with one attached hydrogen (secondary N) is 1. The van der Waals surface area contributed by atoms with Crippen LogP contribution in [0.2, 0.25) is 5.02 Å². The van der Waals surface area contributed by atoms with Crippen LogP contribution in [0.3, 0.4) is 0 Å². The van der Waals surface area contributed by atoms with Crippen molar-refractivity contribution < 1.29 is 9.59 Å². The van der Waals surface area contributed by atoms with Gasteiger partial charge in [0.2, 0.25) is 5.91 Å². The lowest BCUT2D eigenvalue weighted by Crippen LogP contribution is -2.32. The van der Waals surface area contributed by atoms with Crippen molar-refractivity contribution in [3.05, 3.63) is 70.2 Å². The second-order valence-corrected chi connectivity index (χ2v) is 7.40. The summed E-state index contributed by atoms with van der Waals surface area (Å²) in [5.74, 6) is 0.0337. The first-order chi connectivity index (χ1) is 12.9. The lowest BCUT2D eigenvalue weighted by molar-refractivity contribution is -0.121. The van der Waals surface area contributed by atoms with E-state index in [2.05, 4.69) is 5.32 Å². The van der Waals surface area contributed by atoms with Crippen LogP contribution in [-0.2, 0) is 17.8 Å². The summed E-state index contributed by atoms with van der Waals surface area (Å²) in [4.78, 5) is 26.0. The van der Waals surface area contributed by atoms with Crippen molar-refractivity contribution in [1.29, 1.82) is 0 Å². The Balaban J connectivity index is 1.74. The van der Waals surface area contributed by atoms with Crippen LogP contribution in [0.15, 0.2) is 48.5 Å². The summed E-state index contributed by atoms with van der Waals surface area (Å²) in [6, 6.07) is 15.2. The first-order valence-corrected chi connectivity index (χ1v) is 9.62. The minimum Gasteiger partial charge on any atom is -0.352 e. The maximum atomic E-state index is 12.3. The zero-order valence-electron chi connectivity index (χ0n) is 16.2. The molecule has 144 valence electrons. The highest BCUT2D eigenvalue weighted by molar-refractivity contribution is 6.30. The molecule has 27 heavy (non-hydrogen) atoms. The summed E-state index contributed by atoms with van der Waals surface area (Å²) in [5.41, 5.74) is 2.81. The standard InChI is InChI=1S/C22H27ClN2O2/c1-16(2)25(3)22(27)19-11-7-18(8-12-19)15-24-21(26)6-4-5-17-9-13-20(23)14-10-17/h7-14,16H,4-6,15H2,1-3H3,(H,24,26). The highest BCUT2D eigenvalue weighted by atomic mass is 35.5. The van der Waals surface area contributed by atoms with Gasteiger partial charge >= 0.3 is 0 Å². The van der Waals surface area contributed by atoms with Gasteiger partial charge < -0.3 is 10.2 Å². The molecular weight excluding hydrogens is 360 g/mol. The fourth-order valence-electron chi connectivity index (χ4n) is 2.60. The topological polar surface area (TPSA) is 49.4 Å². The number of hydrogen-bond donors (Lipinski definition) is 1. The molecule has 0 spiro atoms. The van der Waals surface area contributed by atoms with Crippen molar-refractivity contribution in [2.24, 2.45) is 0 Å². The molecule has 5 heteroatoms. The summed E-state index contributed by atoms with van der Waals surface area (Å²) in [6.07, 6.45) is 2.13. The Morgan fingerprint density at radius 3 is 2.19 bits per heavy atom. The second kappa shape index (κ2) is 10.1. The number of carbonyl (C=O) groups is 2. The Bertz CT molecular complexity index is 755. The lowest BCUT2D eigenvalue weighted by atomic mass is 10.1. The van der Waals surface area contributed by atoms with E-state index in [1.165, 1.54) is 5.56 Å². The molecular formula is C22H27ClN2O2. The third-order valence-corrected chi connectivity index (χ3v) is 4.82. The number of nitrogens with zero attached hydrogens (tertiary/aromatic N) is 1. The van der Waals surface area contributed by atoms with Crippen molar-refractivity contribution in [3.63, 3.8) is 0 Å². The number of hydrogen-bond acceptors (Lipinski definition) is 2. The van der Waals surface area contributed by atoms with Crippen molar-refractivity contribution >= 4 is 23.4 Å². The monoisotopic (exact) mass is 386 g/mol. The van der Waals surface area contributed by atoms with Gasteiger partial charge in [0.05, 0.1) is 0 Å². The first kappa shape index (κ1) is 21.0. The van der Waals surface area contributed by atoms with Gasteiger partial charge in [-0.05, 0) is 62.1 Å². The molecule has 0 radical (unpaired) electrons. The molecule has 0 unspecified atom stereocenters. The minimum absolute atomic E-state index is 0.00258. The molecule has 0 saturated heterocycles. The van der Waals surface area contributed by atoms with Gasteiger partial charge in [-0.3, -0.25) is 9.59 Å². The summed E-state index contributed by atoms with van der Waals surface area (Å²) in [7, 11) is 1.80. The molecule has 0 aliphatic rings. The quantitative estimate of drug-likeness (QED) is 0.728. The molecule has 2 amide bonds. The molecule has 0 aliphatic heterocycles.